The summed E-state index contributed by atoms with van der Waals surface area (Å²) in [6.45, 7) is 1.04. The number of nitrogens with zero attached hydrogens (tertiary/aromatic N) is 1. The highest BCUT2D eigenvalue weighted by Gasteiger charge is 2.34. The van der Waals surface area contributed by atoms with E-state index in [2.05, 4.69) is 16.0 Å². The number of anilines is 1. The Labute approximate surface area is 187 Å². The Hall–Kier alpha value is -2.94. The number of imide groups is 2. The first-order valence-electron chi connectivity index (χ1n) is 9.57. The first-order valence-corrected chi connectivity index (χ1v) is 10.3. The molecule has 10 heteroatoms. The zero-order valence-electron chi connectivity index (χ0n) is 16.2. The minimum absolute atomic E-state index is 0.251. The molecule has 4 rings (SSSR count). The molecule has 0 radical (unpaired) electrons. The smallest absolute Gasteiger partial charge is 0.306 e. The van der Waals surface area contributed by atoms with Crippen LogP contribution in [-0.4, -0.2) is 34.7 Å². The zero-order chi connectivity index (χ0) is 22.1. The molecule has 5 amide bonds. The molecule has 2 aromatic carbocycles. The number of benzene rings is 2. The summed E-state index contributed by atoms with van der Waals surface area (Å²) in [5.41, 5.74) is 2.54. The van der Waals surface area contributed by atoms with Crippen molar-refractivity contribution >= 4 is 52.6 Å². The first-order chi connectivity index (χ1) is 14.8. The molecule has 0 aromatic heterocycles. The Morgan fingerprint density at radius 1 is 1.03 bits per heavy atom. The van der Waals surface area contributed by atoms with Gasteiger partial charge in [0.15, 0.2) is 0 Å². The van der Waals surface area contributed by atoms with E-state index in [1.807, 2.05) is 11.0 Å². The number of hydrogen-bond acceptors (Lipinski definition) is 5. The molecule has 0 spiro atoms. The monoisotopic (exact) mass is 460 g/mol. The third-order valence-electron chi connectivity index (χ3n) is 5.27. The van der Waals surface area contributed by atoms with Crippen molar-refractivity contribution in [1.82, 2.24) is 15.5 Å². The molecule has 3 N–H and O–H groups in total. The Bertz CT molecular complexity index is 1100. The number of carbonyl (C=O) groups is 4. The summed E-state index contributed by atoms with van der Waals surface area (Å²) >= 11 is 11.9. The number of carbonyl (C=O) groups excluding carboxylic acids is 4. The van der Waals surface area contributed by atoms with E-state index in [0.717, 1.165) is 11.1 Å². The minimum atomic E-state index is -0.722. The van der Waals surface area contributed by atoms with Crippen molar-refractivity contribution in [2.45, 2.75) is 32.0 Å². The predicted molar refractivity (Wildman–Crippen MR) is 115 cm³/mol. The predicted octanol–water partition coefficient (Wildman–Crippen LogP) is 3.08. The molecule has 1 saturated heterocycles. The Balaban J connectivity index is 1.39. The van der Waals surface area contributed by atoms with E-state index >= 15 is 0 Å². The number of halogens is 2. The fourth-order valence-electron chi connectivity index (χ4n) is 3.73. The van der Waals surface area contributed by atoms with E-state index in [4.69, 9.17) is 23.2 Å². The lowest BCUT2D eigenvalue weighted by Crippen LogP contribution is -2.50. The van der Waals surface area contributed by atoms with Gasteiger partial charge in [-0.15, -0.1) is 0 Å². The van der Waals surface area contributed by atoms with Gasteiger partial charge >= 0.3 is 6.03 Å². The third-order valence-corrected chi connectivity index (χ3v) is 5.82. The van der Waals surface area contributed by atoms with Crippen LogP contribution in [0.25, 0.3) is 0 Å². The van der Waals surface area contributed by atoms with E-state index in [1.54, 1.807) is 18.2 Å². The maximum Gasteiger partial charge on any atom is 0.326 e. The average molecular weight is 461 g/mol. The number of urea groups is 1. The summed E-state index contributed by atoms with van der Waals surface area (Å²) in [5, 5.41) is 7.82. The van der Waals surface area contributed by atoms with Crippen LogP contribution in [0.5, 0.6) is 0 Å². The fraction of sp³-hybridized carbons (Fsp3) is 0.238. The molecular formula is C21H18Cl2N4O4. The van der Waals surface area contributed by atoms with Gasteiger partial charge in [-0.3, -0.25) is 29.9 Å². The second-order valence-corrected chi connectivity index (χ2v) is 8.23. The topological polar surface area (TPSA) is 108 Å². The number of piperidine rings is 1. The highest BCUT2D eigenvalue weighted by Crippen LogP contribution is 2.28. The zero-order valence-corrected chi connectivity index (χ0v) is 17.7. The Kier molecular flexibility index (Phi) is 5.95. The normalized spacial score (nSPS) is 18.3. The lowest BCUT2D eigenvalue weighted by Gasteiger charge is -2.29. The largest absolute Gasteiger partial charge is 0.326 e. The second-order valence-electron chi connectivity index (χ2n) is 7.39. The van der Waals surface area contributed by atoms with Gasteiger partial charge in [0.2, 0.25) is 11.8 Å². The number of rotatable bonds is 3. The lowest BCUT2D eigenvalue weighted by molar-refractivity contribution is -0.137. The maximum atomic E-state index is 12.5. The molecule has 0 saturated carbocycles. The Morgan fingerprint density at radius 3 is 2.55 bits per heavy atom. The van der Waals surface area contributed by atoms with Crippen LogP contribution in [0, 0.1) is 0 Å². The standard InChI is InChI=1S/C21H18Cl2N4O4/c22-14-3-4-16(15(23)8-14)24-21(31)26-19(29)11-1-2-12-9-27(10-13(12)7-11)17-5-6-18(28)25-20(17)30/h1-4,7-8,17H,5-6,9-10H2,(H,25,28,30)(H2,24,26,29,31). The van der Waals surface area contributed by atoms with Gasteiger partial charge in [-0.05, 0) is 47.9 Å². The highest BCUT2D eigenvalue weighted by molar-refractivity contribution is 6.36. The number of amides is 5. The van der Waals surface area contributed by atoms with Crippen LogP contribution in [0.2, 0.25) is 10.0 Å². The van der Waals surface area contributed by atoms with Gasteiger partial charge in [-0.25, -0.2) is 4.79 Å². The summed E-state index contributed by atoms with van der Waals surface area (Å²) in [5.74, 6) is -1.11. The van der Waals surface area contributed by atoms with Crippen molar-refractivity contribution in [1.29, 1.82) is 0 Å². The average Bonchev–Trinajstić information content (AvgIpc) is 3.13. The van der Waals surface area contributed by atoms with Crippen molar-refractivity contribution in [3.8, 4) is 0 Å². The van der Waals surface area contributed by atoms with Gasteiger partial charge in [-0.2, -0.15) is 0 Å². The Morgan fingerprint density at radius 2 is 1.81 bits per heavy atom. The van der Waals surface area contributed by atoms with E-state index in [1.165, 1.54) is 12.1 Å². The van der Waals surface area contributed by atoms with E-state index in [0.29, 0.717) is 42.2 Å². The molecule has 160 valence electrons. The van der Waals surface area contributed by atoms with Crippen LogP contribution in [0.15, 0.2) is 36.4 Å². The van der Waals surface area contributed by atoms with Crippen LogP contribution in [0.3, 0.4) is 0 Å². The van der Waals surface area contributed by atoms with Crippen LogP contribution in [0.1, 0.15) is 34.3 Å². The molecular weight excluding hydrogens is 443 g/mol. The van der Waals surface area contributed by atoms with Gasteiger partial charge in [0, 0.05) is 30.1 Å². The third kappa shape index (κ3) is 4.71. The molecule has 1 fully saturated rings. The SMILES string of the molecule is O=C1CCC(N2Cc3ccc(C(=O)NC(=O)Nc4ccc(Cl)cc4Cl)cc3C2)C(=O)N1. The van der Waals surface area contributed by atoms with E-state index < -0.39 is 11.9 Å². The van der Waals surface area contributed by atoms with Crippen molar-refractivity contribution < 1.29 is 19.2 Å². The summed E-state index contributed by atoms with van der Waals surface area (Å²) in [7, 11) is 0. The molecule has 0 aliphatic carbocycles. The lowest BCUT2D eigenvalue weighted by atomic mass is 10.0. The summed E-state index contributed by atoms with van der Waals surface area (Å²) in [6.07, 6.45) is 0.781. The molecule has 2 aliphatic rings. The van der Waals surface area contributed by atoms with Crippen LogP contribution in [0.4, 0.5) is 10.5 Å². The summed E-state index contributed by atoms with van der Waals surface area (Å²) in [6, 6.07) is 8.63. The molecule has 1 atom stereocenters. The molecule has 2 heterocycles. The fourth-order valence-corrected chi connectivity index (χ4v) is 4.19. The van der Waals surface area contributed by atoms with Gasteiger partial charge in [0.05, 0.1) is 16.8 Å². The van der Waals surface area contributed by atoms with Gasteiger partial charge in [0.1, 0.15) is 0 Å². The molecule has 2 aromatic rings. The second kappa shape index (κ2) is 8.66. The van der Waals surface area contributed by atoms with Crippen LogP contribution >= 0.6 is 23.2 Å². The molecule has 0 bridgehead atoms. The van der Waals surface area contributed by atoms with E-state index in [9.17, 15) is 19.2 Å². The maximum absolute atomic E-state index is 12.5. The van der Waals surface area contributed by atoms with Crippen LogP contribution in [-0.2, 0) is 22.7 Å². The number of hydrogen-bond donors (Lipinski definition) is 3. The van der Waals surface area contributed by atoms with E-state index in [-0.39, 0.29) is 22.9 Å². The summed E-state index contributed by atoms with van der Waals surface area (Å²) in [4.78, 5) is 50.2. The van der Waals surface area contributed by atoms with Crippen LogP contribution < -0.4 is 16.0 Å². The van der Waals surface area contributed by atoms with Gasteiger partial charge in [-0.1, -0.05) is 29.3 Å². The van der Waals surface area contributed by atoms with Crippen molar-refractivity contribution in [2.24, 2.45) is 0 Å². The quantitative estimate of drug-likeness (QED) is 0.609. The molecule has 1 unspecified atom stereocenters. The molecule has 31 heavy (non-hydrogen) atoms. The molecule has 2 aliphatic heterocycles. The number of nitrogens with one attached hydrogen (secondary N) is 3. The van der Waals surface area contributed by atoms with Crippen molar-refractivity contribution in [3.63, 3.8) is 0 Å². The van der Waals surface area contributed by atoms with Crippen molar-refractivity contribution in [2.75, 3.05) is 5.32 Å². The summed E-state index contributed by atoms with van der Waals surface area (Å²) < 4.78 is 0. The van der Waals surface area contributed by atoms with Gasteiger partial charge < -0.3 is 5.32 Å². The van der Waals surface area contributed by atoms with Gasteiger partial charge in [0.25, 0.3) is 5.91 Å². The molecule has 8 nitrogen and oxygen atoms in total. The highest BCUT2D eigenvalue weighted by atomic mass is 35.5. The number of fused-ring (bicyclic) bond motifs is 1. The first kappa shape index (κ1) is 21.3. The minimum Gasteiger partial charge on any atom is -0.306 e. The van der Waals surface area contributed by atoms with Crippen molar-refractivity contribution in [3.05, 3.63) is 63.1 Å².